The van der Waals surface area contributed by atoms with Crippen LogP contribution in [0.1, 0.15) is 24.1 Å². The summed E-state index contributed by atoms with van der Waals surface area (Å²) in [5.41, 5.74) is 0.602. The summed E-state index contributed by atoms with van der Waals surface area (Å²) in [7, 11) is -2.09. The number of piperidine rings is 1. The highest BCUT2D eigenvalue weighted by Gasteiger charge is 2.32. The van der Waals surface area contributed by atoms with Gasteiger partial charge in [-0.25, -0.2) is 18.4 Å². The predicted molar refractivity (Wildman–Crippen MR) is 116 cm³/mol. The van der Waals surface area contributed by atoms with Gasteiger partial charge in [0, 0.05) is 23.0 Å². The zero-order valence-corrected chi connectivity index (χ0v) is 18.5. The number of sulfonamides is 1. The van der Waals surface area contributed by atoms with Crippen LogP contribution in [-0.4, -0.2) is 42.9 Å². The monoisotopic (exact) mass is 452 g/mol. The fourth-order valence-electron chi connectivity index (χ4n) is 3.56. The van der Waals surface area contributed by atoms with Crippen molar-refractivity contribution in [3.05, 3.63) is 34.4 Å². The number of aryl methyl sites for hydroxylation is 1. The molecule has 3 heterocycles. The Kier molecular flexibility index (Phi) is 5.65. The molecule has 0 saturated carbocycles. The summed E-state index contributed by atoms with van der Waals surface area (Å²) in [5, 5.41) is 4.23. The van der Waals surface area contributed by atoms with Crippen LogP contribution >= 0.6 is 22.9 Å². The molecule has 0 amide bonds. The molecule has 0 bridgehead atoms. The first-order chi connectivity index (χ1) is 13.9. The Morgan fingerprint density at radius 2 is 1.97 bits per heavy atom. The number of rotatable bonds is 5. The van der Waals surface area contributed by atoms with Crippen LogP contribution in [-0.2, 0) is 10.0 Å². The fraction of sp³-hybridized carbons (Fsp3) is 0.368. The molecule has 4 rings (SSSR count). The lowest BCUT2D eigenvalue weighted by atomic mass is 10.2. The summed E-state index contributed by atoms with van der Waals surface area (Å²) >= 11 is 7.49. The smallest absolute Gasteiger partial charge is 0.244 e. The Morgan fingerprint density at radius 1 is 1.21 bits per heavy atom. The molecular weight excluding hydrogens is 432 g/mol. The molecule has 29 heavy (non-hydrogen) atoms. The standard InChI is InChI=1S/C19H21ClN4O3S2/c1-12-17(29(25,26)24-8-4-3-5-9-24)16-18(21-11-22-19(16)28-12)23-14-10-13(20)6-7-15(14)27-2/h6-7,10-11H,3-5,8-9H2,1-2H3,(H,21,22,23). The lowest BCUT2D eigenvalue weighted by Gasteiger charge is -2.26. The number of fused-ring (bicyclic) bond motifs is 1. The summed E-state index contributed by atoms with van der Waals surface area (Å²) in [4.78, 5) is 10.3. The second-order valence-corrected chi connectivity index (χ2v) is 10.3. The number of hydrogen-bond donors (Lipinski definition) is 1. The molecule has 10 heteroatoms. The third-order valence-corrected chi connectivity index (χ3v) is 8.39. The highest BCUT2D eigenvalue weighted by atomic mass is 35.5. The Balaban J connectivity index is 1.86. The van der Waals surface area contributed by atoms with Gasteiger partial charge in [-0.3, -0.25) is 0 Å². The average Bonchev–Trinajstić information content (AvgIpc) is 3.06. The van der Waals surface area contributed by atoms with Crippen LogP contribution in [0.2, 0.25) is 5.02 Å². The highest BCUT2D eigenvalue weighted by molar-refractivity contribution is 7.89. The number of nitrogens with zero attached hydrogens (tertiary/aromatic N) is 3. The first kappa shape index (κ1) is 20.3. The van der Waals surface area contributed by atoms with E-state index in [4.69, 9.17) is 16.3 Å². The van der Waals surface area contributed by atoms with E-state index in [1.54, 1.807) is 29.6 Å². The number of halogens is 1. The van der Waals surface area contributed by atoms with Gasteiger partial charge < -0.3 is 10.1 Å². The van der Waals surface area contributed by atoms with Crippen molar-refractivity contribution in [1.82, 2.24) is 14.3 Å². The van der Waals surface area contributed by atoms with Gasteiger partial charge in [0.1, 0.15) is 27.6 Å². The Hall–Kier alpha value is -1.94. The van der Waals surface area contributed by atoms with Crippen LogP contribution in [0.5, 0.6) is 5.75 Å². The van der Waals surface area contributed by atoms with Gasteiger partial charge in [0.05, 0.1) is 18.2 Å². The van der Waals surface area contributed by atoms with E-state index >= 15 is 0 Å². The lowest BCUT2D eigenvalue weighted by molar-refractivity contribution is 0.347. The van der Waals surface area contributed by atoms with Crippen LogP contribution in [0.25, 0.3) is 10.2 Å². The first-order valence-corrected chi connectivity index (χ1v) is 11.9. The lowest BCUT2D eigenvalue weighted by Crippen LogP contribution is -2.35. The number of hydrogen-bond acceptors (Lipinski definition) is 7. The van der Waals surface area contributed by atoms with Gasteiger partial charge >= 0.3 is 0 Å². The minimum absolute atomic E-state index is 0.281. The van der Waals surface area contributed by atoms with Gasteiger partial charge in [-0.1, -0.05) is 18.0 Å². The molecule has 0 unspecified atom stereocenters. The quantitative estimate of drug-likeness (QED) is 0.609. The van der Waals surface area contributed by atoms with E-state index in [9.17, 15) is 8.42 Å². The molecule has 0 atom stereocenters. The maximum Gasteiger partial charge on any atom is 0.244 e. The van der Waals surface area contributed by atoms with Crippen LogP contribution < -0.4 is 10.1 Å². The van der Waals surface area contributed by atoms with Crippen molar-refractivity contribution in [2.24, 2.45) is 0 Å². The summed E-state index contributed by atoms with van der Waals surface area (Å²) in [6.45, 7) is 2.89. The van der Waals surface area contributed by atoms with Gasteiger partial charge in [-0.2, -0.15) is 4.31 Å². The Labute approximate surface area is 178 Å². The molecule has 1 saturated heterocycles. The van der Waals surface area contributed by atoms with Crippen molar-refractivity contribution in [3.8, 4) is 5.75 Å². The second-order valence-electron chi connectivity index (χ2n) is 6.82. The van der Waals surface area contributed by atoms with Gasteiger partial charge in [0.25, 0.3) is 0 Å². The summed E-state index contributed by atoms with van der Waals surface area (Å²) in [6, 6.07) is 5.18. The minimum Gasteiger partial charge on any atom is -0.495 e. The summed E-state index contributed by atoms with van der Waals surface area (Å²) in [6.07, 6.45) is 4.23. The highest BCUT2D eigenvalue weighted by Crippen LogP contribution is 2.40. The number of methoxy groups -OCH3 is 1. The van der Waals surface area contributed by atoms with Crippen molar-refractivity contribution in [1.29, 1.82) is 0 Å². The van der Waals surface area contributed by atoms with Crippen LogP contribution in [0.4, 0.5) is 11.5 Å². The van der Waals surface area contributed by atoms with Crippen LogP contribution in [0.3, 0.4) is 0 Å². The normalized spacial score (nSPS) is 15.6. The van der Waals surface area contributed by atoms with Gasteiger partial charge in [0.2, 0.25) is 10.0 Å². The van der Waals surface area contributed by atoms with Gasteiger partial charge in [-0.05, 0) is 38.0 Å². The third-order valence-electron chi connectivity index (χ3n) is 4.94. The maximum absolute atomic E-state index is 13.5. The number of nitrogens with one attached hydrogen (secondary N) is 1. The molecule has 1 aromatic carbocycles. The van der Waals surface area contributed by atoms with E-state index in [1.165, 1.54) is 17.7 Å². The van der Waals surface area contributed by atoms with Crippen molar-refractivity contribution < 1.29 is 13.2 Å². The molecule has 3 aromatic rings. The molecule has 7 nitrogen and oxygen atoms in total. The summed E-state index contributed by atoms with van der Waals surface area (Å²) < 4.78 is 33.9. The molecule has 1 fully saturated rings. The Bertz CT molecular complexity index is 1160. The Morgan fingerprint density at radius 3 is 2.69 bits per heavy atom. The van der Waals surface area contributed by atoms with E-state index in [0.29, 0.717) is 50.5 Å². The molecule has 1 aliphatic rings. The fourth-order valence-corrected chi connectivity index (χ4v) is 6.94. The van der Waals surface area contributed by atoms with E-state index in [1.807, 2.05) is 6.92 Å². The molecule has 1 N–H and O–H groups in total. The van der Waals surface area contributed by atoms with Crippen LogP contribution in [0, 0.1) is 6.92 Å². The maximum atomic E-state index is 13.5. The molecule has 2 aromatic heterocycles. The largest absolute Gasteiger partial charge is 0.495 e. The van der Waals surface area contributed by atoms with Crippen molar-refractivity contribution in [3.63, 3.8) is 0 Å². The molecular formula is C19H21ClN4O3S2. The zero-order valence-electron chi connectivity index (χ0n) is 16.1. The van der Waals surface area contributed by atoms with Crippen molar-refractivity contribution >= 4 is 54.7 Å². The van der Waals surface area contributed by atoms with E-state index in [-0.39, 0.29) is 4.90 Å². The first-order valence-electron chi connectivity index (χ1n) is 9.26. The van der Waals surface area contributed by atoms with Gasteiger partial charge in [0.15, 0.2) is 0 Å². The predicted octanol–water partition coefficient (Wildman–Crippen LogP) is 4.58. The van der Waals surface area contributed by atoms with E-state index in [2.05, 4.69) is 15.3 Å². The van der Waals surface area contributed by atoms with Crippen molar-refractivity contribution in [2.75, 3.05) is 25.5 Å². The molecule has 154 valence electrons. The third kappa shape index (κ3) is 3.79. The average molecular weight is 453 g/mol. The van der Waals surface area contributed by atoms with Gasteiger partial charge in [-0.15, -0.1) is 11.3 Å². The van der Waals surface area contributed by atoms with E-state index < -0.39 is 10.0 Å². The van der Waals surface area contributed by atoms with Crippen LogP contribution in [0.15, 0.2) is 29.4 Å². The molecule has 0 aliphatic carbocycles. The second kappa shape index (κ2) is 8.06. The SMILES string of the molecule is COc1ccc(Cl)cc1Nc1ncnc2sc(C)c(S(=O)(=O)N3CCCCC3)c12. The number of thiophene rings is 1. The topological polar surface area (TPSA) is 84.4 Å². The minimum atomic E-state index is -3.65. The number of ether oxygens (including phenoxy) is 1. The molecule has 0 spiro atoms. The van der Waals surface area contributed by atoms with Crippen molar-refractivity contribution in [2.45, 2.75) is 31.1 Å². The number of benzene rings is 1. The summed E-state index contributed by atoms with van der Waals surface area (Å²) in [5.74, 6) is 0.990. The number of anilines is 2. The number of aromatic nitrogens is 2. The molecule has 1 aliphatic heterocycles. The zero-order chi connectivity index (χ0) is 20.6. The van der Waals surface area contributed by atoms with E-state index in [0.717, 1.165) is 19.3 Å². The molecule has 0 radical (unpaired) electrons.